The second-order valence-corrected chi connectivity index (χ2v) is 5.16. The Morgan fingerprint density at radius 2 is 1.88 bits per heavy atom. The van der Waals surface area contributed by atoms with E-state index in [9.17, 15) is 0 Å². The Labute approximate surface area is 97.7 Å². The Hall–Kier alpha value is -1.16. The minimum Gasteiger partial charge on any atom is -0.354 e. The Bertz CT molecular complexity index is 311. The van der Waals surface area contributed by atoms with Crippen LogP contribution in [0.2, 0.25) is 0 Å². The summed E-state index contributed by atoms with van der Waals surface area (Å²) in [5, 5.41) is 3.17. The van der Waals surface area contributed by atoms with Crippen LogP contribution in [-0.2, 0) is 0 Å². The van der Waals surface area contributed by atoms with E-state index in [-0.39, 0.29) is 5.54 Å². The molecule has 1 rings (SSSR count). The minimum atomic E-state index is -0.148. The van der Waals surface area contributed by atoms with E-state index in [1.807, 2.05) is 26.2 Å². The highest BCUT2D eigenvalue weighted by Crippen LogP contribution is 2.12. The lowest BCUT2D eigenvalue weighted by molar-refractivity contribution is 0.490. The lowest BCUT2D eigenvalue weighted by Crippen LogP contribution is -2.34. The van der Waals surface area contributed by atoms with Crippen LogP contribution in [-0.4, -0.2) is 22.1 Å². The molecule has 0 unspecified atom stereocenters. The van der Waals surface area contributed by atoms with Gasteiger partial charge in [0, 0.05) is 24.5 Å². The quantitative estimate of drug-likeness (QED) is 0.801. The summed E-state index contributed by atoms with van der Waals surface area (Å²) in [6, 6.07) is 0. The summed E-state index contributed by atoms with van der Waals surface area (Å²) in [6.07, 6.45) is 4.63. The standard InChI is InChI=1S/C12H22N4/c1-9(2)10-7-15-11(16-8-10)14-6-5-12(3,4)13/h7-9H,5-6,13H2,1-4H3,(H,14,15,16). The summed E-state index contributed by atoms with van der Waals surface area (Å²) in [4.78, 5) is 8.51. The molecule has 3 N–H and O–H groups in total. The van der Waals surface area contributed by atoms with E-state index in [2.05, 4.69) is 29.1 Å². The highest BCUT2D eigenvalue weighted by molar-refractivity contribution is 5.25. The fourth-order valence-electron chi connectivity index (χ4n) is 1.22. The Morgan fingerprint density at radius 3 is 2.31 bits per heavy atom. The predicted molar refractivity (Wildman–Crippen MR) is 67.5 cm³/mol. The highest BCUT2D eigenvalue weighted by Gasteiger charge is 2.09. The average Bonchev–Trinajstić information content (AvgIpc) is 2.16. The third-order valence-electron chi connectivity index (χ3n) is 2.39. The molecular formula is C12H22N4. The normalized spacial score (nSPS) is 11.9. The van der Waals surface area contributed by atoms with Crippen molar-refractivity contribution >= 4 is 5.95 Å². The summed E-state index contributed by atoms with van der Waals surface area (Å²) in [5.41, 5.74) is 6.89. The maximum absolute atomic E-state index is 5.88. The van der Waals surface area contributed by atoms with Crippen molar-refractivity contribution in [3.05, 3.63) is 18.0 Å². The monoisotopic (exact) mass is 222 g/mol. The van der Waals surface area contributed by atoms with Crippen molar-refractivity contribution in [3.63, 3.8) is 0 Å². The molecule has 0 atom stereocenters. The van der Waals surface area contributed by atoms with Gasteiger partial charge in [0.2, 0.25) is 5.95 Å². The number of nitrogens with zero attached hydrogens (tertiary/aromatic N) is 2. The van der Waals surface area contributed by atoms with Crippen LogP contribution in [0.1, 0.15) is 45.6 Å². The smallest absolute Gasteiger partial charge is 0.222 e. The second-order valence-electron chi connectivity index (χ2n) is 5.16. The molecule has 0 aliphatic carbocycles. The zero-order chi connectivity index (χ0) is 12.2. The summed E-state index contributed by atoms with van der Waals surface area (Å²) in [7, 11) is 0. The van der Waals surface area contributed by atoms with Gasteiger partial charge >= 0.3 is 0 Å². The van der Waals surface area contributed by atoms with E-state index >= 15 is 0 Å². The van der Waals surface area contributed by atoms with Gasteiger partial charge < -0.3 is 11.1 Å². The maximum atomic E-state index is 5.88. The number of nitrogens with one attached hydrogen (secondary N) is 1. The first kappa shape index (κ1) is 12.9. The number of rotatable bonds is 5. The third kappa shape index (κ3) is 4.57. The molecule has 0 amide bonds. The van der Waals surface area contributed by atoms with Crippen molar-refractivity contribution in [3.8, 4) is 0 Å². The predicted octanol–water partition coefficient (Wildman–Crippen LogP) is 2.14. The molecule has 4 nitrogen and oxygen atoms in total. The zero-order valence-corrected chi connectivity index (χ0v) is 10.6. The van der Waals surface area contributed by atoms with Gasteiger partial charge in [0.05, 0.1) is 0 Å². The van der Waals surface area contributed by atoms with Crippen LogP contribution < -0.4 is 11.1 Å². The first-order valence-electron chi connectivity index (χ1n) is 5.73. The van der Waals surface area contributed by atoms with Crippen molar-refractivity contribution in [2.75, 3.05) is 11.9 Å². The Kier molecular flexibility index (Phi) is 4.24. The van der Waals surface area contributed by atoms with Gasteiger partial charge in [-0.15, -0.1) is 0 Å². The van der Waals surface area contributed by atoms with Gasteiger partial charge in [0.15, 0.2) is 0 Å². The fraction of sp³-hybridized carbons (Fsp3) is 0.667. The first-order valence-corrected chi connectivity index (χ1v) is 5.73. The first-order chi connectivity index (χ1) is 7.38. The Morgan fingerprint density at radius 1 is 1.31 bits per heavy atom. The Balaban J connectivity index is 2.44. The lowest BCUT2D eigenvalue weighted by atomic mass is 10.0. The molecule has 1 heterocycles. The molecule has 1 aromatic rings. The molecule has 0 saturated heterocycles. The summed E-state index contributed by atoms with van der Waals surface area (Å²) >= 11 is 0. The van der Waals surface area contributed by atoms with Crippen LogP contribution in [0, 0.1) is 0 Å². The zero-order valence-electron chi connectivity index (χ0n) is 10.6. The van der Waals surface area contributed by atoms with Crippen LogP contribution in [0.5, 0.6) is 0 Å². The topological polar surface area (TPSA) is 63.8 Å². The molecular weight excluding hydrogens is 200 g/mol. The SMILES string of the molecule is CC(C)c1cnc(NCCC(C)(C)N)nc1. The van der Waals surface area contributed by atoms with Gasteiger partial charge in [-0.25, -0.2) is 9.97 Å². The van der Waals surface area contributed by atoms with Gasteiger partial charge in [0.1, 0.15) is 0 Å². The molecule has 0 aliphatic heterocycles. The molecule has 0 aliphatic rings. The van der Waals surface area contributed by atoms with Crippen LogP contribution in [0.25, 0.3) is 0 Å². The van der Waals surface area contributed by atoms with Crippen molar-refractivity contribution in [1.29, 1.82) is 0 Å². The van der Waals surface area contributed by atoms with Gasteiger partial charge in [-0.3, -0.25) is 0 Å². The van der Waals surface area contributed by atoms with E-state index in [0.717, 1.165) is 18.5 Å². The van der Waals surface area contributed by atoms with Crippen molar-refractivity contribution in [2.24, 2.45) is 5.73 Å². The second kappa shape index (κ2) is 5.25. The summed E-state index contributed by atoms with van der Waals surface area (Å²) in [6.45, 7) is 9.07. The van der Waals surface area contributed by atoms with Crippen LogP contribution >= 0.6 is 0 Å². The molecule has 0 fully saturated rings. The molecule has 16 heavy (non-hydrogen) atoms. The number of aromatic nitrogens is 2. The lowest BCUT2D eigenvalue weighted by Gasteiger charge is -2.18. The number of hydrogen-bond acceptors (Lipinski definition) is 4. The van der Waals surface area contributed by atoms with Crippen LogP contribution in [0.3, 0.4) is 0 Å². The van der Waals surface area contributed by atoms with Crippen LogP contribution in [0.15, 0.2) is 12.4 Å². The molecule has 0 aromatic carbocycles. The molecule has 1 aromatic heterocycles. The molecule has 4 heteroatoms. The van der Waals surface area contributed by atoms with Crippen molar-refractivity contribution in [1.82, 2.24) is 9.97 Å². The average molecular weight is 222 g/mol. The minimum absolute atomic E-state index is 0.148. The van der Waals surface area contributed by atoms with Crippen LogP contribution in [0.4, 0.5) is 5.95 Å². The van der Waals surface area contributed by atoms with Crippen molar-refractivity contribution in [2.45, 2.75) is 45.6 Å². The van der Waals surface area contributed by atoms with Gasteiger partial charge in [-0.1, -0.05) is 13.8 Å². The van der Waals surface area contributed by atoms with E-state index in [1.54, 1.807) is 0 Å². The van der Waals surface area contributed by atoms with Gasteiger partial charge in [-0.05, 0) is 31.7 Å². The number of nitrogens with two attached hydrogens (primary N) is 1. The summed E-state index contributed by atoms with van der Waals surface area (Å²) < 4.78 is 0. The number of hydrogen-bond donors (Lipinski definition) is 2. The largest absolute Gasteiger partial charge is 0.354 e. The van der Waals surface area contributed by atoms with E-state index < -0.39 is 0 Å². The van der Waals surface area contributed by atoms with Gasteiger partial charge in [-0.2, -0.15) is 0 Å². The highest BCUT2D eigenvalue weighted by atomic mass is 15.1. The van der Waals surface area contributed by atoms with E-state index in [0.29, 0.717) is 11.9 Å². The molecule has 0 bridgehead atoms. The molecule has 0 radical (unpaired) electrons. The number of anilines is 1. The summed E-state index contributed by atoms with van der Waals surface area (Å²) in [5.74, 6) is 1.14. The van der Waals surface area contributed by atoms with Gasteiger partial charge in [0.25, 0.3) is 0 Å². The molecule has 0 spiro atoms. The van der Waals surface area contributed by atoms with Crippen molar-refractivity contribution < 1.29 is 0 Å². The third-order valence-corrected chi connectivity index (χ3v) is 2.39. The van der Waals surface area contributed by atoms with E-state index in [1.165, 1.54) is 0 Å². The fourth-order valence-corrected chi connectivity index (χ4v) is 1.22. The molecule has 90 valence electrons. The maximum Gasteiger partial charge on any atom is 0.222 e. The van der Waals surface area contributed by atoms with E-state index in [4.69, 9.17) is 5.73 Å². The molecule has 0 saturated carbocycles.